The van der Waals surface area contributed by atoms with Crippen LogP contribution < -0.4 is 0 Å². The van der Waals surface area contributed by atoms with Gasteiger partial charge in [-0.15, -0.1) is 0 Å². The molecular formula is C23H18FNO. The van der Waals surface area contributed by atoms with Crippen LogP contribution in [0.1, 0.15) is 11.1 Å². The number of hydrogen-bond acceptors (Lipinski definition) is 2. The molecule has 4 rings (SSSR count). The van der Waals surface area contributed by atoms with Crippen molar-refractivity contribution in [1.29, 1.82) is 0 Å². The van der Waals surface area contributed by atoms with Crippen molar-refractivity contribution in [3.63, 3.8) is 0 Å². The van der Waals surface area contributed by atoms with Gasteiger partial charge in [-0.05, 0) is 47.4 Å². The molecule has 3 aromatic carbocycles. The first-order chi connectivity index (χ1) is 12.7. The Morgan fingerprint density at radius 3 is 2.19 bits per heavy atom. The van der Waals surface area contributed by atoms with Crippen molar-refractivity contribution in [3.8, 4) is 22.4 Å². The van der Waals surface area contributed by atoms with Gasteiger partial charge in [0, 0.05) is 10.9 Å². The molecule has 0 bridgehead atoms. The molecule has 0 aliphatic heterocycles. The number of hydrogen-bond donors (Lipinski definition) is 1. The van der Waals surface area contributed by atoms with E-state index in [0.29, 0.717) is 10.9 Å². The number of benzene rings is 3. The fourth-order valence-electron chi connectivity index (χ4n) is 3.33. The van der Waals surface area contributed by atoms with Crippen molar-refractivity contribution < 1.29 is 9.50 Å². The Hall–Kier alpha value is -3.04. The molecule has 1 N–H and O–H groups in total. The van der Waals surface area contributed by atoms with Crippen LogP contribution in [0, 0.1) is 12.7 Å². The third-order valence-electron chi connectivity index (χ3n) is 4.75. The van der Waals surface area contributed by atoms with Gasteiger partial charge in [-0.3, -0.25) is 0 Å². The number of pyridine rings is 1. The standard InChI is InChI=1S/C23H18FNO/c1-15-21(14-26)20-13-19(24)11-12-22(20)25-23(15)18-9-7-17(8-10-18)16-5-3-2-4-6-16/h2-13,26H,14H2,1H3. The summed E-state index contributed by atoms with van der Waals surface area (Å²) in [5, 5.41) is 10.5. The maximum Gasteiger partial charge on any atom is 0.123 e. The van der Waals surface area contributed by atoms with E-state index in [1.165, 1.54) is 12.1 Å². The molecule has 0 aliphatic rings. The number of aliphatic hydroxyl groups is 1. The van der Waals surface area contributed by atoms with Crippen molar-refractivity contribution in [2.75, 3.05) is 0 Å². The van der Waals surface area contributed by atoms with Gasteiger partial charge in [-0.2, -0.15) is 0 Å². The van der Waals surface area contributed by atoms with Gasteiger partial charge in [-0.25, -0.2) is 9.37 Å². The van der Waals surface area contributed by atoms with E-state index in [1.807, 2.05) is 37.3 Å². The van der Waals surface area contributed by atoms with Crippen LogP contribution in [0.2, 0.25) is 0 Å². The minimum absolute atomic E-state index is 0.149. The lowest BCUT2D eigenvalue weighted by atomic mass is 9.96. The topological polar surface area (TPSA) is 33.1 Å². The second-order valence-corrected chi connectivity index (χ2v) is 6.33. The molecule has 0 fully saturated rings. The van der Waals surface area contributed by atoms with Crippen molar-refractivity contribution >= 4 is 10.9 Å². The van der Waals surface area contributed by atoms with Crippen LogP contribution in [0.25, 0.3) is 33.3 Å². The summed E-state index contributed by atoms with van der Waals surface area (Å²) in [5.74, 6) is -0.326. The third-order valence-corrected chi connectivity index (χ3v) is 4.75. The summed E-state index contributed by atoms with van der Waals surface area (Å²) < 4.78 is 13.6. The number of nitrogens with zero attached hydrogens (tertiary/aromatic N) is 1. The Kier molecular flexibility index (Phi) is 4.23. The van der Waals surface area contributed by atoms with Gasteiger partial charge in [0.2, 0.25) is 0 Å². The molecule has 4 aromatic rings. The van der Waals surface area contributed by atoms with E-state index in [4.69, 9.17) is 4.98 Å². The predicted molar refractivity (Wildman–Crippen MR) is 103 cm³/mol. The predicted octanol–water partition coefficient (Wildman–Crippen LogP) is 5.51. The van der Waals surface area contributed by atoms with E-state index in [-0.39, 0.29) is 12.4 Å². The first-order valence-electron chi connectivity index (χ1n) is 8.53. The molecule has 128 valence electrons. The molecule has 0 radical (unpaired) electrons. The summed E-state index contributed by atoms with van der Waals surface area (Å²) in [5.41, 5.74) is 6.36. The Balaban J connectivity index is 1.84. The van der Waals surface area contributed by atoms with E-state index in [0.717, 1.165) is 33.5 Å². The van der Waals surface area contributed by atoms with Crippen LogP contribution in [0.5, 0.6) is 0 Å². The van der Waals surface area contributed by atoms with Gasteiger partial charge in [0.15, 0.2) is 0 Å². The van der Waals surface area contributed by atoms with Crippen molar-refractivity contribution in [1.82, 2.24) is 4.98 Å². The van der Waals surface area contributed by atoms with Gasteiger partial charge in [0.05, 0.1) is 17.8 Å². The smallest absolute Gasteiger partial charge is 0.123 e. The average molecular weight is 343 g/mol. The fourth-order valence-corrected chi connectivity index (χ4v) is 3.33. The van der Waals surface area contributed by atoms with Gasteiger partial charge >= 0.3 is 0 Å². The first kappa shape index (κ1) is 16.4. The van der Waals surface area contributed by atoms with Crippen LogP contribution >= 0.6 is 0 Å². The summed E-state index contributed by atoms with van der Waals surface area (Å²) in [6.45, 7) is 1.77. The third kappa shape index (κ3) is 2.87. The Morgan fingerprint density at radius 2 is 1.50 bits per heavy atom. The lowest BCUT2D eigenvalue weighted by Gasteiger charge is -2.13. The lowest BCUT2D eigenvalue weighted by Crippen LogP contribution is -1.99. The second-order valence-electron chi connectivity index (χ2n) is 6.33. The van der Waals surface area contributed by atoms with Crippen molar-refractivity contribution in [2.45, 2.75) is 13.5 Å². The molecule has 0 saturated carbocycles. The monoisotopic (exact) mass is 343 g/mol. The van der Waals surface area contributed by atoms with Crippen LogP contribution in [0.4, 0.5) is 4.39 Å². The van der Waals surface area contributed by atoms with E-state index in [1.54, 1.807) is 6.07 Å². The molecule has 1 aromatic heterocycles. The minimum atomic E-state index is -0.326. The highest BCUT2D eigenvalue weighted by Crippen LogP contribution is 2.31. The van der Waals surface area contributed by atoms with Gasteiger partial charge in [-0.1, -0.05) is 54.6 Å². The summed E-state index contributed by atoms with van der Waals surface area (Å²) in [6, 6.07) is 22.9. The van der Waals surface area contributed by atoms with Gasteiger partial charge < -0.3 is 5.11 Å². The SMILES string of the molecule is Cc1c(-c2ccc(-c3ccccc3)cc2)nc2ccc(F)cc2c1CO. The van der Waals surface area contributed by atoms with Crippen LogP contribution in [-0.4, -0.2) is 10.1 Å². The van der Waals surface area contributed by atoms with E-state index < -0.39 is 0 Å². The van der Waals surface area contributed by atoms with Crippen molar-refractivity contribution in [2.24, 2.45) is 0 Å². The maximum atomic E-state index is 13.6. The molecule has 0 unspecified atom stereocenters. The summed E-state index contributed by atoms with van der Waals surface area (Å²) in [4.78, 5) is 4.72. The largest absolute Gasteiger partial charge is 0.392 e. The Labute approximate surface area is 151 Å². The highest BCUT2D eigenvalue weighted by Gasteiger charge is 2.13. The molecular weight excluding hydrogens is 325 g/mol. The number of rotatable bonds is 3. The number of halogens is 1. The molecule has 0 spiro atoms. The first-order valence-corrected chi connectivity index (χ1v) is 8.53. The van der Waals surface area contributed by atoms with E-state index in [2.05, 4.69) is 24.3 Å². The van der Waals surface area contributed by atoms with Crippen LogP contribution in [-0.2, 0) is 6.61 Å². The molecule has 0 amide bonds. The Morgan fingerprint density at radius 1 is 0.846 bits per heavy atom. The zero-order chi connectivity index (χ0) is 18.1. The zero-order valence-corrected chi connectivity index (χ0v) is 14.4. The quantitative estimate of drug-likeness (QED) is 0.532. The second kappa shape index (κ2) is 6.70. The van der Waals surface area contributed by atoms with Gasteiger partial charge in [0.25, 0.3) is 0 Å². The fraction of sp³-hybridized carbons (Fsp3) is 0.0870. The minimum Gasteiger partial charge on any atom is -0.392 e. The summed E-state index contributed by atoms with van der Waals surface area (Å²) in [6.07, 6.45) is 0. The maximum absolute atomic E-state index is 13.6. The average Bonchev–Trinajstić information content (AvgIpc) is 2.68. The van der Waals surface area contributed by atoms with Crippen molar-refractivity contribution in [3.05, 3.63) is 89.7 Å². The van der Waals surface area contributed by atoms with E-state index in [9.17, 15) is 9.50 Å². The van der Waals surface area contributed by atoms with Gasteiger partial charge in [0.1, 0.15) is 5.82 Å². The number of aromatic nitrogens is 1. The Bertz CT molecular complexity index is 1070. The van der Waals surface area contributed by atoms with Crippen LogP contribution in [0.3, 0.4) is 0 Å². The number of fused-ring (bicyclic) bond motifs is 1. The molecule has 3 heteroatoms. The molecule has 1 heterocycles. The normalized spacial score (nSPS) is 11.0. The molecule has 2 nitrogen and oxygen atoms in total. The van der Waals surface area contributed by atoms with Crippen LogP contribution in [0.15, 0.2) is 72.8 Å². The summed E-state index contributed by atoms with van der Waals surface area (Å²) in [7, 11) is 0. The summed E-state index contributed by atoms with van der Waals surface area (Å²) >= 11 is 0. The molecule has 0 saturated heterocycles. The molecule has 26 heavy (non-hydrogen) atoms. The lowest BCUT2D eigenvalue weighted by molar-refractivity contribution is 0.282. The highest BCUT2D eigenvalue weighted by molar-refractivity contribution is 5.87. The zero-order valence-electron chi connectivity index (χ0n) is 14.4. The number of aliphatic hydroxyl groups excluding tert-OH is 1. The molecule has 0 atom stereocenters. The van der Waals surface area contributed by atoms with E-state index >= 15 is 0 Å². The molecule has 0 aliphatic carbocycles. The highest BCUT2D eigenvalue weighted by atomic mass is 19.1.